The predicted molar refractivity (Wildman–Crippen MR) is 78.6 cm³/mol. The topological polar surface area (TPSA) is 45.7 Å². The highest BCUT2D eigenvalue weighted by Gasteiger charge is 2.31. The van der Waals surface area contributed by atoms with Crippen molar-refractivity contribution in [3.05, 3.63) is 28.5 Å². The summed E-state index contributed by atoms with van der Waals surface area (Å²) in [5.74, 6) is 0.0297. The lowest BCUT2D eigenvalue weighted by Crippen LogP contribution is -2.45. The van der Waals surface area contributed by atoms with Crippen LogP contribution in [-0.4, -0.2) is 66.1 Å². The summed E-state index contributed by atoms with van der Waals surface area (Å²) in [6.07, 6.45) is 1.04. The summed E-state index contributed by atoms with van der Waals surface area (Å²) in [4.78, 5) is 21.0. The van der Waals surface area contributed by atoms with Crippen molar-refractivity contribution in [3.63, 3.8) is 0 Å². The van der Waals surface area contributed by atoms with Gasteiger partial charge in [-0.15, -0.1) is 0 Å². The van der Waals surface area contributed by atoms with Gasteiger partial charge in [0.15, 0.2) is 0 Å². The first-order valence-corrected chi connectivity index (χ1v) is 7.77. The fraction of sp³-hybridized carbons (Fsp3) is 0.571. The number of ether oxygens (including phenoxy) is 1. The number of carbonyl (C=O) groups excluding carboxylic acids is 1. The second-order valence-electron chi connectivity index (χ2n) is 5.19. The van der Waals surface area contributed by atoms with Gasteiger partial charge in [0, 0.05) is 32.2 Å². The van der Waals surface area contributed by atoms with E-state index in [1.807, 2.05) is 17.0 Å². The average molecular weight is 340 g/mol. The van der Waals surface area contributed by atoms with Crippen molar-refractivity contribution >= 4 is 21.8 Å². The lowest BCUT2D eigenvalue weighted by molar-refractivity contribution is 0.0185. The van der Waals surface area contributed by atoms with E-state index in [-0.39, 0.29) is 5.91 Å². The van der Waals surface area contributed by atoms with Gasteiger partial charge in [0.1, 0.15) is 10.3 Å². The van der Waals surface area contributed by atoms with Crippen molar-refractivity contribution in [1.29, 1.82) is 0 Å². The standard InChI is InChI=1S/C14H18BrN3O2/c15-13-3-1-2-12(16-13)14(19)18-5-4-11(10-18)17-6-8-20-9-7-17/h1-3,11H,4-10H2. The van der Waals surface area contributed by atoms with E-state index >= 15 is 0 Å². The summed E-state index contributed by atoms with van der Waals surface area (Å²) < 4.78 is 6.08. The Morgan fingerprint density at radius 2 is 2.10 bits per heavy atom. The number of morpholine rings is 1. The van der Waals surface area contributed by atoms with Gasteiger partial charge in [-0.25, -0.2) is 4.98 Å². The summed E-state index contributed by atoms with van der Waals surface area (Å²) in [6.45, 7) is 5.17. The van der Waals surface area contributed by atoms with Crippen LogP contribution in [0.2, 0.25) is 0 Å². The molecule has 20 heavy (non-hydrogen) atoms. The molecule has 2 saturated heterocycles. The highest BCUT2D eigenvalue weighted by molar-refractivity contribution is 9.10. The van der Waals surface area contributed by atoms with Gasteiger partial charge in [0.2, 0.25) is 0 Å². The smallest absolute Gasteiger partial charge is 0.272 e. The van der Waals surface area contributed by atoms with E-state index in [1.165, 1.54) is 0 Å². The lowest BCUT2D eigenvalue weighted by Gasteiger charge is -2.32. The Hall–Kier alpha value is -0.980. The van der Waals surface area contributed by atoms with E-state index in [0.717, 1.165) is 45.8 Å². The van der Waals surface area contributed by atoms with Crippen molar-refractivity contribution in [2.75, 3.05) is 39.4 Å². The molecule has 0 N–H and O–H groups in total. The van der Waals surface area contributed by atoms with Crippen LogP contribution in [0.25, 0.3) is 0 Å². The molecule has 1 aromatic heterocycles. The van der Waals surface area contributed by atoms with Gasteiger partial charge < -0.3 is 9.64 Å². The molecule has 6 heteroatoms. The van der Waals surface area contributed by atoms with Crippen LogP contribution in [0.15, 0.2) is 22.8 Å². The zero-order valence-electron chi connectivity index (χ0n) is 11.3. The largest absolute Gasteiger partial charge is 0.379 e. The van der Waals surface area contributed by atoms with Crippen molar-refractivity contribution in [2.24, 2.45) is 0 Å². The molecule has 1 unspecified atom stereocenters. The molecule has 2 aliphatic rings. The first-order chi connectivity index (χ1) is 9.74. The van der Waals surface area contributed by atoms with Crippen LogP contribution >= 0.6 is 15.9 Å². The van der Waals surface area contributed by atoms with Crippen LogP contribution < -0.4 is 0 Å². The van der Waals surface area contributed by atoms with Crippen molar-refractivity contribution in [3.8, 4) is 0 Å². The molecule has 3 rings (SSSR count). The first kappa shape index (κ1) is 14.0. The fourth-order valence-corrected chi connectivity index (χ4v) is 3.20. The van der Waals surface area contributed by atoms with E-state index in [4.69, 9.17) is 4.74 Å². The maximum Gasteiger partial charge on any atom is 0.272 e. The van der Waals surface area contributed by atoms with E-state index in [9.17, 15) is 4.79 Å². The van der Waals surface area contributed by atoms with Crippen LogP contribution in [0.5, 0.6) is 0 Å². The Balaban J connectivity index is 1.63. The number of amides is 1. The van der Waals surface area contributed by atoms with E-state index in [1.54, 1.807) is 6.07 Å². The first-order valence-electron chi connectivity index (χ1n) is 6.97. The van der Waals surface area contributed by atoms with Gasteiger partial charge in [-0.05, 0) is 34.5 Å². The van der Waals surface area contributed by atoms with Gasteiger partial charge >= 0.3 is 0 Å². The zero-order chi connectivity index (χ0) is 13.9. The normalized spacial score (nSPS) is 24.1. The summed E-state index contributed by atoms with van der Waals surface area (Å²) in [7, 11) is 0. The predicted octanol–water partition coefficient (Wildman–Crippen LogP) is 1.39. The highest BCUT2D eigenvalue weighted by atomic mass is 79.9. The quantitative estimate of drug-likeness (QED) is 0.764. The molecule has 0 radical (unpaired) electrons. The number of halogens is 1. The van der Waals surface area contributed by atoms with Gasteiger partial charge in [-0.1, -0.05) is 6.07 Å². The minimum atomic E-state index is 0.0297. The number of rotatable bonds is 2. The van der Waals surface area contributed by atoms with Gasteiger partial charge in [-0.2, -0.15) is 0 Å². The number of nitrogens with zero attached hydrogens (tertiary/aromatic N) is 3. The maximum absolute atomic E-state index is 12.4. The third-order valence-electron chi connectivity index (χ3n) is 3.95. The lowest BCUT2D eigenvalue weighted by atomic mass is 10.2. The Morgan fingerprint density at radius 1 is 1.30 bits per heavy atom. The molecule has 0 saturated carbocycles. The fourth-order valence-electron chi connectivity index (χ4n) is 2.86. The van der Waals surface area contributed by atoms with E-state index in [0.29, 0.717) is 16.3 Å². The van der Waals surface area contributed by atoms with Crippen LogP contribution in [0.1, 0.15) is 16.9 Å². The number of likely N-dealkylation sites (tertiary alicyclic amines) is 1. The minimum absolute atomic E-state index is 0.0297. The highest BCUT2D eigenvalue weighted by Crippen LogP contribution is 2.19. The monoisotopic (exact) mass is 339 g/mol. The molecular formula is C14H18BrN3O2. The van der Waals surface area contributed by atoms with Crippen molar-refractivity contribution in [1.82, 2.24) is 14.8 Å². The van der Waals surface area contributed by atoms with E-state index < -0.39 is 0 Å². The van der Waals surface area contributed by atoms with Gasteiger partial charge in [0.05, 0.1) is 13.2 Å². The van der Waals surface area contributed by atoms with Crippen LogP contribution in [-0.2, 0) is 4.74 Å². The molecule has 1 amide bonds. The zero-order valence-corrected chi connectivity index (χ0v) is 12.9. The molecule has 0 aromatic carbocycles. The Kier molecular flexibility index (Phi) is 4.33. The molecule has 5 nitrogen and oxygen atoms in total. The number of aromatic nitrogens is 1. The summed E-state index contributed by atoms with van der Waals surface area (Å²) >= 11 is 3.31. The van der Waals surface area contributed by atoms with Gasteiger partial charge in [-0.3, -0.25) is 9.69 Å². The molecule has 2 fully saturated rings. The number of pyridine rings is 1. The number of carbonyl (C=O) groups is 1. The summed E-state index contributed by atoms with van der Waals surface area (Å²) in [5, 5.41) is 0. The van der Waals surface area contributed by atoms with Crippen LogP contribution in [0.3, 0.4) is 0 Å². The Morgan fingerprint density at radius 3 is 2.85 bits per heavy atom. The number of hydrogen-bond donors (Lipinski definition) is 0. The molecule has 1 atom stereocenters. The molecule has 2 aliphatic heterocycles. The maximum atomic E-state index is 12.4. The average Bonchev–Trinajstić information content (AvgIpc) is 2.97. The van der Waals surface area contributed by atoms with Crippen molar-refractivity contribution < 1.29 is 9.53 Å². The Bertz CT molecular complexity index is 491. The molecule has 0 bridgehead atoms. The molecule has 108 valence electrons. The summed E-state index contributed by atoms with van der Waals surface area (Å²) in [5.41, 5.74) is 0.516. The molecular weight excluding hydrogens is 322 g/mol. The second-order valence-corrected chi connectivity index (χ2v) is 6.00. The van der Waals surface area contributed by atoms with Crippen molar-refractivity contribution in [2.45, 2.75) is 12.5 Å². The minimum Gasteiger partial charge on any atom is -0.379 e. The van der Waals surface area contributed by atoms with Crippen LogP contribution in [0, 0.1) is 0 Å². The number of hydrogen-bond acceptors (Lipinski definition) is 4. The summed E-state index contributed by atoms with van der Waals surface area (Å²) in [6, 6.07) is 5.92. The molecule has 3 heterocycles. The third-order valence-corrected chi connectivity index (χ3v) is 4.39. The third kappa shape index (κ3) is 3.02. The van der Waals surface area contributed by atoms with E-state index in [2.05, 4.69) is 25.8 Å². The second kappa shape index (κ2) is 6.20. The molecule has 0 aliphatic carbocycles. The SMILES string of the molecule is O=C(c1cccc(Br)n1)N1CCC(N2CCOCC2)C1. The van der Waals surface area contributed by atoms with Crippen LogP contribution in [0.4, 0.5) is 0 Å². The molecule has 0 spiro atoms. The molecule has 1 aromatic rings. The van der Waals surface area contributed by atoms with Gasteiger partial charge in [0.25, 0.3) is 5.91 Å². The Labute approximate surface area is 127 Å².